The highest BCUT2D eigenvalue weighted by Crippen LogP contribution is 2.16. The summed E-state index contributed by atoms with van der Waals surface area (Å²) in [4.78, 5) is 11.6. The second-order valence-electron chi connectivity index (χ2n) is 4.53. The quantitative estimate of drug-likeness (QED) is 0.860. The van der Waals surface area contributed by atoms with E-state index in [0.717, 1.165) is 12.1 Å². The van der Waals surface area contributed by atoms with Crippen LogP contribution in [0.25, 0.3) is 0 Å². The standard InChI is InChI=1S/C16H15F2NO3/c17-13-4-1-12(15(18)9-13)10-22-14-5-2-11(3-6-14)16(21)19-7-8-20/h1-6,9,20H,7-8,10H2,(H,19,21). The Balaban J connectivity index is 1.95. The molecule has 4 nitrogen and oxygen atoms in total. The molecule has 0 fully saturated rings. The maximum atomic E-state index is 13.4. The van der Waals surface area contributed by atoms with Crippen LogP contribution < -0.4 is 10.1 Å². The molecule has 0 aliphatic heterocycles. The van der Waals surface area contributed by atoms with Gasteiger partial charge in [0.25, 0.3) is 5.91 Å². The minimum atomic E-state index is -0.667. The molecule has 6 heteroatoms. The lowest BCUT2D eigenvalue weighted by molar-refractivity contribution is 0.0944. The van der Waals surface area contributed by atoms with Gasteiger partial charge in [-0.1, -0.05) is 0 Å². The minimum absolute atomic E-state index is 0.0395. The molecule has 1 amide bonds. The summed E-state index contributed by atoms with van der Waals surface area (Å²) in [6.45, 7) is 0.0132. The summed E-state index contributed by atoms with van der Waals surface area (Å²) < 4.78 is 31.6. The first-order chi connectivity index (χ1) is 10.6. The van der Waals surface area contributed by atoms with Crippen LogP contribution in [-0.4, -0.2) is 24.2 Å². The van der Waals surface area contributed by atoms with Gasteiger partial charge in [0.15, 0.2) is 0 Å². The van der Waals surface area contributed by atoms with Crippen LogP contribution in [0.5, 0.6) is 5.75 Å². The molecular formula is C16H15F2NO3. The molecule has 0 aliphatic carbocycles. The highest BCUT2D eigenvalue weighted by Gasteiger charge is 2.07. The molecule has 2 aromatic carbocycles. The van der Waals surface area contributed by atoms with E-state index in [1.165, 1.54) is 6.07 Å². The second-order valence-corrected chi connectivity index (χ2v) is 4.53. The van der Waals surface area contributed by atoms with Gasteiger partial charge in [0.2, 0.25) is 0 Å². The van der Waals surface area contributed by atoms with Gasteiger partial charge in [-0.3, -0.25) is 4.79 Å². The number of aliphatic hydroxyl groups excluding tert-OH is 1. The van der Waals surface area contributed by atoms with Gasteiger partial charge < -0.3 is 15.2 Å². The fraction of sp³-hybridized carbons (Fsp3) is 0.188. The lowest BCUT2D eigenvalue weighted by Crippen LogP contribution is -2.26. The highest BCUT2D eigenvalue weighted by molar-refractivity contribution is 5.94. The van der Waals surface area contributed by atoms with E-state index in [4.69, 9.17) is 9.84 Å². The van der Waals surface area contributed by atoms with E-state index in [2.05, 4.69) is 5.32 Å². The van der Waals surface area contributed by atoms with Crippen molar-refractivity contribution in [1.82, 2.24) is 5.32 Å². The van der Waals surface area contributed by atoms with E-state index in [9.17, 15) is 13.6 Å². The van der Waals surface area contributed by atoms with Crippen molar-refractivity contribution in [3.63, 3.8) is 0 Å². The summed E-state index contributed by atoms with van der Waals surface area (Å²) in [5.74, 6) is -1.15. The van der Waals surface area contributed by atoms with Crippen molar-refractivity contribution in [2.24, 2.45) is 0 Å². The SMILES string of the molecule is O=C(NCCO)c1ccc(OCc2ccc(F)cc2F)cc1. The van der Waals surface area contributed by atoms with Gasteiger partial charge in [-0.2, -0.15) is 0 Å². The molecule has 0 atom stereocenters. The zero-order valence-electron chi connectivity index (χ0n) is 11.7. The van der Waals surface area contributed by atoms with Crippen molar-refractivity contribution in [3.05, 3.63) is 65.2 Å². The topological polar surface area (TPSA) is 58.6 Å². The fourth-order valence-electron chi connectivity index (χ4n) is 1.77. The average Bonchev–Trinajstić information content (AvgIpc) is 2.52. The monoisotopic (exact) mass is 307 g/mol. The number of amides is 1. The molecule has 0 aromatic heterocycles. The van der Waals surface area contributed by atoms with Crippen molar-refractivity contribution in [2.45, 2.75) is 6.61 Å². The second kappa shape index (κ2) is 7.51. The fourth-order valence-corrected chi connectivity index (χ4v) is 1.77. The summed E-state index contributed by atoms with van der Waals surface area (Å²) in [5, 5.41) is 11.2. The van der Waals surface area contributed by atoms with Crippen LogP contribution in [0.2, 0.25) is 0 Å². The van der Waals surface area contributed by atoms with Gasteiger partial charge in [0.1, 0.15) is 24.0 Å². The van der Waals surface area contributed by atoms with Gasteiger partial charge in [-0.05, 0) is 36.4 Å². The summed E-state index contributed by atoms with van der Waals surface area (Å²) >= 11 is 0. The van der Waals surface area contributed by atoms with Crippen LogP contribution in [0.4, 0.5) is 8.78 Å². The number of hydrogen-bond donors (Lipinski definition) is 2. The van der Waals surface area contributed by atoms with Crippen molar-refractivity contribution >= 4 is 5.91 Å². The van der Waals surface area contributed by atoms with Gasteiger partial charge >= 0.3 is 0 Å². The lowest BCUT2D eigenvalue weighted by atomic mass is 10.2. The number of hydrogen-bond acceptors (Lipinski definition) is 3. The Hall–Kier alpha value is -2.47. The third-order valence-electron chi connectivity index (χ3n) is 2.92. The molecule has 0 aliphatic rings. The summed E-state index contributed by atoms with van der Waals surface area (Å²) in [6, 6.07) is 9.56. The minimum Gasteiger partial charge on any atom is -0.489 e. The molecule has 0 unspecified atom stereocenters. The Morgan fingerprint density at radius 1 is 1.14 bits per heavy atom. The molecule has 22 heavy (non-hydrogen) atoms. The van der Waals surface area contributed by atoms with Crippen LogP contribution in [-0.2, 0) is 6.61 Å². The first-order valence-corrected chi connectivity index (χ1v) is 6.66. The molecule has 0 saturated carbocycles. The van der Waals surface area contributed by atoms with Crippen molar-refractivity contribution in [1.29, 1.82) is 0 Å². The van der Waals surface area contributed by atoms with E-state index < -0.39 is 11.6 Å². The normalized spacial score (nSPS) is 10.3. The Morgan fingerprint density at radius 3 is 2.50 bits per heavy atom. The molecule has 2 rings (SSSR count). The van der Waals surface area contributed by atoms with Gasteiger partial charge in [0.05, 0.1) is 6.61 Å². The molecule has 0 heterocycles. The number of halogens is 2. The smallest absolute Gasteiger partial charge is 0.251 e. The first-order valence-electron chi connectivity index (χ1n) is 6.66. The summed E-state index contributed by atoms with van der Waals surface area (Å²) in [6.07, 6.45) is 0. The van der Waals surface area contributed by atoms with Crippen LogP contribution >= 0.6 is 0 Å². The Kier molecular flexibility index (Phi) is 5.43. The van der Waals surface area contributed by atoms with E-state index >= 15 is 0 Å². The molecule has 2 aromatic rings. The highest BCUT2D eigenvalue weighted by atomic mass is 19.1. The van der Waals surface area contributed by atoms with Gasteiger partial charge in [-0.15, -0.1) is 0 Å². The Labute approximate surface area is 126 Å². The van der Waals surface area contributed by atoms with E-state index in [-0.39, 0.29) is 31.2 Å². The van der Waals surface area contributed by atoms with E-state index in [1.807, 2.05) is 0 Å². The predicted molar refractivity (Wildman–Crippen MR) is 76.6 cm³/mol. The van der Waals surface area contributed by atoms with Gasteiger partial charge in [-0.25, -0.2) is 8.78 Å². The van der Waals surface area contributed by atoms with Crippen LogP contribution in [0.3, 0.4) is 0 Å². The van der Waals surface area contributed by atoms with Crippen molar-refractivity contribution in [2.75, 3.05) is 13.2 Å². The van der Waals surface area contributed by atoms with Crippen LogP contribution in [0.1, 0.15) is 15.9 Å². The van der Waals surface area contributed by atoms with Crippen molar-refractivity contribution in [3.8, 4) is 5.75 Å². The first kappa shape index (κ1) is 15.9. The molecule has 0 spiro atoms. The molecule has 0 radical (unpaired) electrons. The molecule has 116 valence electrons. The number of benzene rings is 2. The lowest BCUT2D eigenvalue weighted by Gasteiger charge is -2.08. The third kappa shape index (κ3) is 4.26. The Bertz CT molecular complexity index is 644. The summed E-state index contributed by atoms with van der Waals surface area (Å²) in [5.41, 5.74) is 0.667. The predicted octanol–water partition coefficient (Wildman–Crippen LogP) is 2.27. The molecule has 0 saturated heterocycles. The van der Waals surface area contributed by atoms with E-state index in [1.54, 1.807) is 24.3 Å². The maximum absolute atomic E-state index is 13.4. The van der Waals surface area contributed by atoms with Crippen LogP contribution in [0.15, 0.2) is 42.5 Å². The molecule has 2 N–H and O–H groups in total. The maximum Gasteiger partial charge on any atom is 0.251 e. The largest absolute Gasteiger partial charge is 0.489 e. The molecule has 0 bridgehead atoms. The zero-order valence-corrected chi connectivity index (χ0v) is 11.7. The number of carbonyl (C=O) groups is 1. The average molecular weight is 307 g/mol. The zero-order chi connectivity index (χ0) is 15.9. The number of ether oxygens (including phenoxy) is 1. The van der Waals surface area contributed by atoms with Crippen LogP contribution in [0, 0.1) is 11.6 Å². The number of rotatable bonds is 6. The Morgan fingerprint density at radius 2 is 1.86 bits per heavy atom. The van der Waals surface area contributed by atoms with Crippen molar-refractivity contribution < 1.29 is 23.4 Å². The van der Waals surface area contributed by atoms with Gasteiger partial charge in [0, 0.05) is 23.7 Å². The number of carbonyl (C=O) groups excluding carboxylic acids is 1. The molecular weight excluding hydrogens is 292 g/mol. The number of aliphatic hydroxyl groups is 1. The number of nitrogens with one attached hydrogen (secondary N) is 1. The van der Waals surface area contributed by atoms with E-state index in [0.29, 0.717) is 11.3 Å². The summed E-state index contributed by atoms with van der Waals surface area (Å²) in [7, 11) is 0. The third-order valence-corrected chi connectivity index (χ3v) is 2.92.